The lowest BCUT2D eigenvalue weighted by Crippen LogP contribution is -3.00. The summed E-state index contributed by atoms with van der Waals surface area (Å²) in [6.45, 7) is 5.78. The first kappa shape index (κ1) is 33.3. The molecule has 1 heterocycles. The van der Waals surface area contributed by atoms with Crippen LogP contribution >= 0.6 is 22.9 Å². The SMILES string of the molecule is CCCCCCCCCCCCCCOc1cc(Cl)ccc1NC(=O)c1ccc(C[n+]2csc(C)c2)cc1.[Br-]. The number of aromatic nitrogens is 1. The number of carbonyl (C=O) groups excluding carboxylic acids is 1. The molecule has 3 aromatic rings. The van der Waals surface area contributed by atoms with E-state index in [4.69, 9.17) is 16.3 Å². The number of halogens is 2. The van der Waals surface area contributed by atoms with Crippen molar-refractivity contribution in [2.24, 2.45) is 0 Å². The predicted octanol–water partition coefficient (Wildman–Crippen LogP) is 6.38. The highest BCUT2D eigenvalue weighted by Crippen LogP contribution is 2.29. The molecule has 4 nitrogen and oxygen atoms in total. The number of ether oxygens (including phenoxy) is 1. The first-order valence-corrected chi connectivity index (χ1v) is 15.6. The molecule has 0 radical (unpaired) electrons. The van der Waals surface area contributed by atoms with Crippen LogP contribution in [0.2, 0.25) is 5.02 Å². The summed E-state index contributed by atoms with van der Waals surface area (Å²) >= 11 is 7.95. The standard InChI is InChI=1S/C32H43ClN2O2S.BrH/c1-3-4-5-6-7-8-9-10-11-12-13-14-21-37-31-22-29(33)19-20-30(31)34-32(36)28-17-15-27(16-18-28)24-35-23-26(2)38-25-35;/h15-20,22-23,25H,3-14,21,24H2,1-2H3;1H. The van der Waals surface area contributed by atoms with E-state index in [9.17, 15) is 4.79 Å². The molecule has 0 saturated heterocycles. The molecule has 39 heavy (non-hydrogen) atoms. The molecule has 0 fully saturated rings. The van der Waals surface area contributed by atoms with E-state index in [1.165, 1.54) is 69.1 Å². The van der Waals surface area contributed by atoms with E-state index in [0.29, 0.717) is 28.6 Å². The number of rotatable bonds is 18. The lowest BCUT2D eigenvalue weighted by Gasteiger charge is -2.13. The topological polar surface area (TPSA) is 42.2 Å². The van der Waals surface area contributed by atoms with Crippen LogP contribution in [0.4, 0.5) is 5.69 Å². The van der Waals surface area contributed by atoms with Crippen LogP contribution in [0.1, 0.15) is 105 Å². The number of benzene rings is 2. The van der Waals surface area contributed by atoms with Crippen LogP contribution in [0.15, 0.2) is 54.2 Å². The minimum atomic E-state index is -0.159. The molecule has 1 amide bonds. The number of anilines is 1. The summed E-state index contributed by atoms with van der Waals surface area (Å²) in [5.74, 6) is 0.461. The van der Waals surface area contributed by atoms with Gasteiger partial charge in [0.25, 0.3) is 5.91 Å². The third-order valence-corrected chi connectivity index (χ3v) is 7.84. The van der Waals surface area contributed by atoms with Crippen LogP contribution in [0.3, 0.4) is 0 Å². The van der Waals surface area contributed by atoms with Gasteiger partial charge in [-0.15, -0.1) is 0 Å². The highest BCUT2D eigenvalue weighted by Gasteiger charge is 2.12. The number of unbranched alkanes of at least 4 members (excludes halogenated alkanes) is 11. The van der Waals surface area contributed by atoms with Crippen LogP contribution in [0.5, 0.6) is 5.75 Å². The number of nitrogens with one attached hydrogen (secondary N) is 1. The lowest BCUT2D eigenvalue weighted by molar-refractivity contribution is -0.683. The largest absolute Gasteiger partial charge is 1.00 e. The van der Waals surface area contributed by atoms with Gasteiger partial charge in [-0.2, -0.15) is 4.57 Å². The molecule has 0 unspecified atom stereocenters. The first-order valence-electron chi connectivity index (χ1n) is 14.3. The number of hydrogen-bond acceptors (Lipinski definition) is 3. The Morgan fingerprint density at radius 2 is 1.51 bits per heavy atom. The fraction of sp³-hybridized carbons (Fsp3) is 0.500. The molecule has 1 N–H and O–H groups in total. The van der Waals surface area contributed by atoms with Crippen molar-refractivity contribution >= 4 is 34.5 Å². The van der Waals surface area contributed by atoms with Gasteiger partial charge in [0.1, 0.15) is 5.75 Å². The molecular formula is C32H44BrClN2O2S. The number of amides is 1. The average molecular weight is 636 g/mol. The van der Waals surface area contributed by atoms with Gasteiger partial charge in [0, 0.05) is 22.2 Å². The van der Waals surface area contributed by atoms with Crippen LogP contribution in [-0.2, 0) is 6.54 Å². The monoisotopic (exact) mass is 634 g/mol. The summed E-state index contributed by atoms with van der Waals surface area (Å²) in [5, 5.41) is 3.59. The van der Waals surface area contributed by atoms with Crippen molar-refractivity contribution < 1.29 is 31.1 Å². The Hall–Kier alpha value is -1.89. The van der Waals surface area contributed by atoms with Gasteiger partial charge < -0.3 is 27.0 Å². The zero-order valence-corrected chi connectivity index (χ0v) is 26.7. The van der Waals surface area contributed by atoms with E-state index < -0.39 is 0 Å². The van der Waals surface area contributed by atoms with Crippen LogP contribution < -0.4 is 31.6 Å². The van der Waals surface area contributed by atoms with E-state index in [0.717, 1.165) is 24.9 Å². The molecule has 0 atom stereocenters. The number of aryl methyl sites for hydroxylation is 1. The number of thiazole rings is 1. The van der Waals surface area contributed by atoms with Crippen molar-refractivity contribution in [3.8, 4) is 5.75 Å². The van der Waals surface area contributed by atoms with Crippen LogP contribution in [-0.4, -0.2) is 12.5 Å². The number of carbonyl (C=O) groups is 1. The molecule has 0 bridgehead atoms. The van der Waals surface area contributed by atoms with Gasteiger partial charge in [-0.1, -0.05) is 113 Å². The van der Waals surface area contributed by atoms with Gasteiger partial charge in [-0.3, -0.25) is 4.79 Å². The summed E-state index contributed by atoms with van der Waals surface area (Å²) in [4.78, 5) is 14.2. The smallest absolute Gasteiger partial charge is 0.255 e. The van der Waals surface area contributed by atoms with Gasteiger partial charge in [0.05, 0.1) is 17.2 Å². The summed E-state index contributed by atoms with van der Waals surface area (Å²) in [6.07, 6.45) is 17.8. The molecule has 2 aromatic carbocycles. The first-order chi connectivity index (χ1) is 18.5. The molecule has 0 aliphatic carbocycles. The summed E-state index contributed by atoms with van der Waals surface area (Å²) in [5.41, 5.74) is 4.52. The van der Waals surface area contributed by atoms with Crippen molar-refractivity contribution in [3.05, 3.63) is 75.2 Å². The minimum Gasteiger partial charge on any atom is -1.00 e. The maximum atomic E-state index is 12.9. The molecule has 1 aromatic heterocycles. The van der Waals surface area contributed by atoms with E-state index in [1.807, 2.05) is 30.3 Å². The van der Waals surface area contributed by atoms with E-state index >= 15 is 0 Å². The van der Waals surface area contributed by atoms with E-state index in [1.54, 1.807) is 23.5 Å². The zero-order chi connectivity index (χ0) is 27.0. The minimum absolute atomic E-state index is 0. The Bertz CT molecular complexity index is 1100. The highest BCUT2D eigenvalue weighted by molar-refractivity contribution is 7.09. The number of nitrogens with zero attached hydrogens (tertiary/aromatic N) is 1. The molecule has 0 saturated carbocycles. The Balaban J connectivity index is 0.00000533. The second-order valence-corrected chi connectivity index (χ2v) is 11.7. The third-order valence-electron chi connectivity index (χ3n) is 6.75. The van der Waals surface area contributed by atoms with Gasteiger partial charge in [-0.25, -0.2) is 0 Å². The Labute approximate surface area is 254 Å². The predicted molar refractivity (Wildman–Crippen MR) is 161 cm³/mol. The zero-order valence-electron chi connectivity index (χ0n) is 23.5. The van der Waals surface area contributed by atoms with Crippen molar-refractivity contribution in [2.45, 2.75) is 97.4 Å². The molecule has 3 rings (SSSR count). The Morgan fingerprint density at radius 3 is 2.10 bits per heavy atom. The molecule has 0 spiro atoms. The molecule has 7 heteroatoms. The maximum Gasteiger partial charge on any atom is 0.255 e. The van der Waals surface area contributed by atoms with Gasteiger partial charge in [0.15, 0.2) is 12.7 Å². The van der Waals surface area contributed by atoms with Gasteiger partial charge in [-0.05, 0) is 37.6 Å². The quantitative estimate of drug-likeness (QED) is 0.130. The van der Waals surface area contributed by atoms with Crippen molar-refractivity contribution in [3.63, 3.8) is 0 Å². The van der Waals surface area contributed by atoms with Crippen LogP contribution in [0, 0.1) is 6.92 Å². The maximum absolute atomic E-state index is 12.9. The van der Waals surface area contributed by atoms with Gasteiger partial charge in [0.2, 0.25) is 5.51 Å². The average Bonchev–Trinajstić information content (AvgIpc) is 3.32. The van der Waals surface area contributed by atoms with Gasteiger partial charge >= 0.3 is 0 Å². The second-order valence-electron chi connectivity index (χ2n) is 10.2. The highest BCUT2D eigenvalue weighted by atomic mass is 79.9. The van der Waals surface area contributed by atoms with Crippen molar-refractivity contribution in [2.75, 3.05) is 11.9 Å². The Kier molecular flexibility index (Phi) is 16.4. The summed E-state index contributed by atoms with van der Waals surface area (Å²) < 4.78 is 8.19. The van der Waals surface area contributed by atoms with E-state index in [-0.39, 0.29) is 22.9 Å². The van der Waals surface area contributed by atoms with Crippen LogP contribution in [0.25, 0.3) is 0 Å². The fourth-order valence-corrected chi connectivity index (χ4v) is 5.33. The second kappa shape index (κ2) is 19.2. The van der Waals surface area contributed by atoms with Crippen molar-refractivity contribution in [1.29, 1.82) is 0 Å². The normalized spacial score (nSPS) is 10.7. The molecule has 0 aliphatic rings. The third kappa shape index (κ3) is 12.9. The number of hydrogen-bond donors (Lipinski definition) is 1. The van der Waals surface area contributed by atoms with Crippen molar-refractivity contribution in [1.82, 2.24) is 0 Å². The summed E-state index contributed by atoms with van der Waals surface area (Å²) in [7, 11) is 0. The molecule has 0 aliphatic heterocycles. The Morgan fingerprint density at radius 1 is 0.897 bits per heavy atom. The summed E-state index contributed by atoms with van der Waals surface area (Å²) in [6, 6.07) is 13.1. The lowest BCUT2D eigenvalue weighted by atomic mass is 10.1. The van der Waals surface area contributed by atoms with E-state index in [2.05, 4.69) is 35.4 Å². The molecular weight excluding hydrogens is 592 g/mol. The molecule has 214 valence electrons. The fourth-order valence-electron chi connectivity index (χ4n) is 4.54.